The molecular weight excluding hydrogens is 242 g/mol. The summed E-state index contributed by atoms with van der Waals surface area (Å²) in [7, 11) is 0. The lowest BCUT2D eigenvalue weighted by Crippen LogP contribution is -2.16. The molecule has 1 aliphatic carbocycles. The maximum absolute atomic E-state index is 12.1. The van der Waals surface area contributed by atoms with Gasteiger partial charge >= 0.3 is 0 Å². The smallest absolute Gasteiger partial charge is 0.179 e. The van der Waals surface area contributed by atoms with E-state index >= 15 is 0 Å². The standard InChI is InChI=1S/C15H11NO3/c17-14-11-5-1-2-6-12(11)15(18)13(14)9-16-8-10-4-3-7-19-10/h1-7,9,13H,8H2. The minimum absolute atomic E-state index is 0.177. The zero-order chi connectivity index (χ0) is 13.2. The quantitative estimate of drug-likeness (QED) is 0.624. The second kappa shape index (κ2) is 4.65. The predicted molar refractivity (Wildman–Crippen MR) is 69.5 cm³/mol. The Morgan fingerprint density at radius 2 is 1.74 bits per heavy atom. The molecular formula is C15H11NO3. The van der Waals surface area contributed by atoms with Crippen LogP contribution >= 0.6 is 0 Å². The van der Waals surface area contributed by atoms with Crippen LogP contribution in [-0.2, 0) is 6.54 Å². The summed E-state index contributed by atoms with van der Waals surface area (Å²) in [5, 5.41) is 0. The lowest BCUT2D eigenvalue weighted by molar-refractivity contribution is 0.0886. The van der Waals surface area contributed by atoms with Gasteiger partial charge in [-0.25, -0.2) is 0 Å². The van der Waals surface area contributed by atoms with Crippen molar-refractivity contribution < 1.29 is 14.0 Å². The molecule has 1 aliphatic rings. The van der Waals surface area contributed by atoms with Crippen LogP contribution in [0.25, 0.3) is 0 Å². The number of aliphatic imine (C=N–C) groups is 1. The minimum Gasteiger partial charge on any atom is -0.467 e. The molecule has 0 radical (unpaired) electrons. The van der Waals surface area contributed by atoms with Crippen molar-refractivity contribution in [3.05, 3.63) is 59.5 Å². The number of hydrogen-bond acceptors (Lipinski definition) is 4. The van der Waals surface area contributed by atoms with Gasteiger partial charge in [-0.05, 0) is 12.1 Å². The van der Waals surface area contributed by atoms with Gasteiger partial charge in [-0.1, -0.05) is 24.3 Å². The molecule has 0 unspecified atom stereocenters. The first-order valence-corrected chi connectivity index (χ1v) is 5.97. The van der Waals surface area contributed by atoms with Crippen LogP contribution in [0.4, 0.5) is 0 Å². The molecule has 0 atom stereocenters. The Kier molecular flexibility index (Phi) is 2.83. The van der Waals surface area contributed by atoms with E-state index in [0.717, 1.165) is 0 Å². The highest BCUT2D eigenvalue weighted by atomic mass is 16.3. The number of carbonyl (C=O) groups is 2. The number of rotatable bonds is 3. The molecule has 0 spiro atoms. The van der Waals surface area contributed by atoms with Gasteiger partial charge in [0.2, 0.25) is 0 Å². The number of furan rings is 1. The zero-order valence-corrected chi connectivity index (χ0v) is 10.1. The van der Waals surface area contributed by atoms with Crippen molar-refractivity contribution in [3.8, 4) is 0 Å². The Morgan fingerprint density at radius 3 is 2.32 bits per heavy atom. The normalized spacial score (nSPS) is 15.4. The number of hydrogen-bond donors (Lipinski definition) is 0. The molecule has 0 saturated heterocycles. The summed E-state index contributed by atoms with van der Waals surface area (Å²) < 4.78 is 5.13. The summed E-state index contributed by atoms with van der Waals surface area (Å²) in [6.07, 6.45) is 2.99. The average molecular weight is 253 g/mol. The van der Waals surface area contributed by atoms with Gasteiger partial charge in [0.25, 0.3) is 0 Å². The van der Waals surface area contributed by atoms with E-state index in [1.165, 1.54) is 6.21 Å². The summed E-state index contributed by atoms with van der Waals surface area (Å²) in [5.41, 5.74) is 0.976. The van der Waals surface area contributed by atoms with E-state index in [0.29, 0.717) is 23.4 Å². The molecule has 94 valence electrons. The van der Waals surface area contributed by atoms with E-state index in [-0.39, 0.29) is 11.6 Å². The van der Waals surface area contributed by atoms with Gasteiger partial charge in [0.15, 0.2) is 11.6 Å². The molecule has 0 fully saturated rings. The van der Waals surface area contributed by atoms with Crippen molar-refractivity contribution in [2.24, 2.45) is 10.9 Å². The van der Waals surface area contributed by atoms with Gasteiger partial charge in [-0.15, -0.1) is 0 Å². The minimum atomic E-state index is -0.785. The van der Waals surface area contributed by atoms with Crippen LogP contribution in [0.1, 0.15) is 26.5 Å². The van der Waals surface area contributed by atoms with Gasteiger partial charge in [-0.3, -0.25) is 14.6 Å². The average Bonchev–Trinajstić information content (AvgIpc) is 3.02. The third-order valence-electron chi connectivity index (χ3n) is 3.10. The molecule has 0 aliphatic heterocycles. The molecule has 0 amide bonds. The molecule has 19 heavy (non-hydrogen) atoms. The van der Waals surface area contributed by atoms with E-state index in [9.17, 15) is 9.59 Å². The topological polar surface area (TPSA) is 59.6 Å². The van der Waals surface area contributed by atoms with E-state index in [4.69, 9.17) is 4.42 Å². The SMILES string of the molecule is O=C1c2ccccc2C(=O)C1C=NCc1ccco1. The Hall–Kier alpha value is -2.49. The maximum Gasteiger partial charge on any atom is 0.179 e. The van der Waals surface area contributed by atoms with Crippen molar-refractivity contribution in [3.63, 3.8) is 0 Å². The molecule has 0 N–H and O–H groups in total. The monoisotopic (exact) mass is 253 g/mol. The number of fused-ring (bicyclic) bond motifs is 1. The second-order valence-electron chi connectivity index (χ2n) is 4.32. The van der Waals surface area contributed by atoms with E-state index in [1.54, 1.807) is 42.7 Å². The lowest BCUT2D eigenvalue weighted by Gasteiger charge is -1.97. The molecule has 2 aromatic rings. The van der Waals surface area contributed by atoms with Crippen molar-refractivity contribution >= 4 is 17.8 Å². The largest absolute Gasteiger partial charge is 0.467 e. The van der Waals surface area contributed by atoms with Crippen LogP contribution < -0.4 is 0 Å². The van der Waals surface area contributed by atoms with E-state index in [1.807, 2.05) is 0 Å². The fourth-order valence-corrected chi connectivity index (χ4v) is 2.15. The summed E-state index contributed by atoms with van der Waals surface area (Å²) in [5.74, 6) is -0.438. The molecule has 0 saturated carbocycles. The summed E-state index contributed by atoms with van der Waals surface area (Å²) in [6, 6.07) is 10.4. The third-order valence-corrected chi connectivity index (χ3v) is 3.10. The number of benzene rings is 1. The van der Waals surface area contributed by atoms with Crippen LogP contribution in [-0.4, -0.2) is 17.8 Å². The molecule has 4 nitrogen and oxygen atoms in total. The number of nitrogens with zero attached hydrogens (tertiary/aromatic N) is 1. The Labute approximate surface area is 109 Å². The van der Waals surface area contributed by atoms with Crippen LogP contribution in [0.15, 0.2) is 52.1 Å². The molecule has 0 bridgehead atoms. The third kappa shape index (κ3) is 2.01. The summed E-state index contributed by atoms with van der Waals surface area (Å²) >= 11 is 0. The van der Waals surface area contributed by atoms with Gasteiger partial charge in [0.05, 0.1) is 12.8 Å². The Morgan fingerprint density at radius 1 is 1.05 bits per heavy atom. The van der Waals surface area contributed by atoms with Crippen molar-refractivity contribution in [2.75, 3.05) is 0 Å². The highest BCUT2D eigenvalue weighted by molar-refractivity contribution is 6.33. The van der Waals surface area contributed by atoms with Crippen molar-refractivity contribution in [1.29, 1.82) is 0 Å². The first-order chi connectivity index (χ1) is 9.27. The van der Waals surface area contributed by atoms with Gasteiger partial charge in [-0.2, -0.15) is 0 Å². The van der Waals surface area contributed by atoms with E-state index in [2.05, 4.69) is 4.99 Å². The van der Waals surface area contributed by atoms with Gasteiger partial charge in [0.1, 0.15) is 11.7 Å². The highest BCUT2D eigenvalue weighted by Gasteiger charge is 2.36. The van der Waals surface area contributed by atoms with Gasteiger partial charge < -0.3 is 4.42 Å². The summed E-state index contributed by atoms with van der Waals surface area (Å²) in [4.78, 5) is 28.2. The number of ketones is 2. The predicted octanol–water partition coefficient (Wildman–Crippen LogP) is 2.55. The molecule has 3 rings (SSSR count). The van der Waals surface area contributed by atoms with Crippen LogP contribution in [0, 0.1) is 5.92 Å². The second-order valence-corrected chi connectivity index (χ2v) is 4.32. The maximum atomic E-state index is 12.1. The Balaban J connectivity index is 1.79. The first kappa shape index (κ1) is 11.6. The molecule has 1 aromatic heterocycles. The summed E-state index contributed by atoms with van der Waals surface area (Å²) in [6.45, 7) is 0.334. The zero-order valence-electron chi connectivity index (χ0n) is 10.1. The Bertz CT molecular complexity index is 621. The van der Waals surface area contributed by atoms with Crippen molar-refractivity contribution in [1.82, 2.24) is 0 Å². The first-order valence-electron chi connectivity index (χ1n) is 5.97. The molecule has 4 heteroatoms. The number of carbonyl (C=O) groups excluding carboxylic acids is 2. The molecule has 1 aromatic carbocycles. The van der Waals surface area contributed by atoms with Crippen LogP contribution in [0.2, 0.25) is 0 Å². The molecule has 1 heterocycles. The fourth-order valence-electron chi connectivity index (χ4n) is 2.15. The van der Waals surface area contributed by atoms with Gasteiger partial charge in [0, 0.05) is 17.3 Å². The van der Waals surface area contributed by atoms with E-state index < -0.39 is 5.92 Å². The van der Waals surface area contributed by atoms with Crippen LogP contribution in [0.5, 0.6) is 0 Å². The lowest BCUT2D eigenvalue weighted by atomic mass is 10.1. The number of Topliss-reactive ketones (excluding diaryl/α,β-unsaturated/α-hetero) is 2. The van der Waals surface area contributed by atoms with Crippen molar-refractivity contribution in [2.45, 2.75) is 6.54 Å². The van der Waals surface area contributed by atoms with Crippen LogP contribution in [0.3, 0.4) is 0 Å². The highest BCUT2D eigenvalue weighted by Crippen LogP contribution is 2.25. The fraction of sp³-hybridized carbons (Fsp3) is 0.133.